The molecule has 0 spiro atoms. The normalized spacial score (nSPS) is 10.8. The molecule has 0 fully saturated rings. The Hall–Kier alpha value is -2.15. The van der Waals surface area contributed by atoms with Crippen LogP contribution in [0.15, 0.2) is 54.6 Å². The second kappa shape index (κ2) is 5.46. The van der Waals surface area contributed by atoms with E-state index in [1.165, 1.54) is 0 Å². The van der Waals surface area contributed by atoms with Crippen molar-refractivity contribution in [2.45, 2.75) is 13.8 Å². The number of hydrogen-bond acceptors (Lipinski definition) is 1. The fourth-order valence-corrected chi connectivity index (χ4v) is 2.02. The highest BCUT2D eigenvalue weighted by atomic mass is 16.1. The Kier molecular flexibility index (Phi) is 3.73. The van der Waals surface area contributed by atoms with Gasteiger partial charge in [-0.05, 0) is 36.6 Å². The minimum absolute atomic E-state index is 0.0643. The summed E-state index contributed by atoms with van der Waals surface area (Å²) in [5.74, 6) is 0.0643. The van der Waals surface area contributed by atoms with Crippen molar-refractivity contribution in [3.05, 3.63) is 76.9 Å². The van der Waals surface area contributed by atoms with E-state index >= 15 is 0 Å². The number of benzene rings is 2. The zero-order valence-electron chi connectivity index (χ0n) is 10.7. The Balaban J connectivity index is 2.26. The van der Waals surface area contributed by atoms with Crippen LogP contribution in [0.3, 0.4) is 0 Å². The maximum absolute atomic E-state index is 12.2. The van der Waals surface area contributed by atoms with Crippen molar-refractivity contribution in [3.8, 4) is 0 Å². The average molecular weight is 236 g/mol. The molecule has 2 aromatic rings. The van der Waals surface area contributed by atoms with Gasteiger partial charge in [0.2, 0.25) is 0 Å². The van der Waals surface area contributed by atoms with Gasteiger partial charge in [-0.1, -0.05) is 54.6 Å². The van der Waals surface area contributed by atoms with Crippen molar-refractivity contribution >= 4 is 11.9 Å². The van der Waals surface area contributed by atoms with Gasteiger partial charge in [0.05, 0.1) is 0 Å². The number of hydrogen-bond donors (Lipinski definition) is 0. The molecule has 0 aromatic heterocycles. The first-order valence-corrected chi connectivity index (χ1v) is 6.02. The van der Waals surface area contributed by atoms with Gasteiger partial charge in [-0.25, -0.2) is 0 Å². The first-order chi connectivity index (χ1) is 8.68. The van der Waals surface area contributed by atoms with Crippen LogP contribution < -0.4 is 0 Å². The summed E-state index contributed by atoms with van der Waals surface area (Å²) < 4.78 is 0. The first kappa shape index (κ1) is 12.3. The zero-order chi connectivity index (χ0) is 13.0. The van der Waals surface area contributed by atoms with E-state index < -0.39 is 0 Å². The lowest BCUT2D eigenvalue weighted by Gasteiger charge is -2.05. The topological polar surface area (TPSA) is 17.1 Å². The van der Waals surface area contributed by atoms with Crippen LogP contribution in [0.25, 0.3) is 6.08 Å². The molecule has 90 valence electrons. The number of carbonyl (C=O) groups is 1. The Morgan fingerprint density at radius 1 is 0.889 bits per heavy atom. The zero-order valence-corrected chi connectivity index (χ0v) is 10.7. The maximum Gasteiger partial charge on any atom is 0.186 e. The fourth-order valence-electron chi connectivity index (χ4n) is 2.02. The molecule has 0 heterocycles. The molecule has 1 heteroatoms. The Bertz CT molecular complexity index is 560. The molecule has 0 aliphatic carbocycles. The monoisotopic (exact) mass is 236 g/mol. The van der Waals surface area contributed by atoms with E-state index in [0.29, 0.717) is 0 Å². The SMILES string of the molecule is Cc1cccc(C)c1C(=O)/C=C/c1ccccc1. The summed E-state index contributed by atoms with van der Waals surface area (Å²) in [7, 11) is 0. The number of ketones is 1. The molecule has 0 bridgehead atoms. The van der Waals surface area contributed by atoms with E-state index in [1.807, 2.05) is 68.5 Å². The number of carbonyl (C=O) groups excluding carboxylic acids is 1. The van der Waals surface area contributed by atoms with Gasteiger partial charge in [-0.3, -0.25) is 4.79 Å². The minimum atomic E-state index is 0.0643. The smallest absolute Gasteiger partial charge is 0.186 e. The molecule has 0 saturated heterocycles. The molecular weight excluding hydrogens is 220 g/mol. The molecule has 2 rings (SSSR count). The molecule has 1 nitrogen and oxygen atoms in total. The summed E-state index contributed by atoms with van der Waals surface area (Å²) in [5, 5.41) is 0. The Morgan fingerprint density at radius 2 is 1.50 bits per heavy atom. The van der Waals surface area contributed by atoms with Crippen molar-refractivity contribution in [3.63, 3.8) is 0 Å². The summed E-state index contributed by atoms with van der Waals surface area (Å²) >= 11 is 0. The van der Waals surface area contributed by atoms with Crippen LogP contribution in [-0.2, 0) is 0 Å². The van der Waals surface area contributed by atoms with Crippen LogP contribution in [0.2, 0.25) is 0 Å². The summed E-state index contributed by atoms with van der Waals surface area (Å²) in [5.41, 5.74) is 3.90. The average Bonchev–Trinajstić information content (AvgIpc) is 2.37. The van der Waals surface area contributed by atoms with E-state index in [1.54, 1.807) is 6.08 Å². The maximum atomic E-state index is 12.2. The van der Waals surface area contributed by atoms with E-state index in [0.717, 1.165) is 22.3 Å². The van der Waals surface area contributed by atoms with Gasteiger partial charge in [0, 0.05) is 5.56 Å². The Labute approximate surface area is 108 Å². The highest BCUT2D eigenvalue weighted by molar-refractivity contribution is 6.08. The van der Waals surface area contributed by atoms with Crippen LogP contribution in [0.1, 0.15) is 27.0 Å². The lowest BCUT2D eigenvalue weighted by molar-refractivity contribution is 0.104. The number of allylic oxidation sites excluding steroid dienone is 1. The van der Waals surface area contributed by atoms with Gasteiger partial charge in [0.1, 0.15) is 0 Å². The lowest BCUT2D eigenvalue weighted by atomic mass is 9.98. The number of aryl methyl sites for hydroxylation is 2. The number of rotatable bonds is 3. The fraction of sp³-hybridized carbons (Fsp3) is 0.118. The summed E-state index contributed by atoms with van der Waals surface area (Å²) in [6, 6.07) is 15.8. The van der Waals surface area contributed by atoms with Crippen molar-refractivity contribution in [2.75, 3.05) is 0 Å². The van der Waals surface area contributed by atoms with Gasteiger partial charge >= 0.3 is 0 Å². The van der Waals surface area contributed by atoms with E-state index in [2.05, 4.69) is 0 Å². The predicted octanol–water partition coefficient (Wildman–Crippen LogP) is 4.20. The highest BCUT2D eigenvalue weighted by Gasteiger charge is 2.08. The van der Waals surface area contributed by atoms with E-state index in [4.69, 9.17) is 0 Å². The Morgan fingerprint density at radius 3 is 2.11 bits per heavy atom. The van der Waals surface area contributed by atoms with Gasteiger partial charge in [0.15, 0.2) is 5.78 Å². The molecule has 2 aromatic carbocycles. The summed E-state index contributed by atoms with van der Waals surface area (Å²) in [6.07, 6.45) is 3.50. The quantitative estimate of drug-likeness (QED) is 0.576. The molecule has 0 aliphatic rings. The third kappa shape index (κ3) is 2.75. The summed E-state index contributed by atoms with van der Waals surface area (Å²) in [6.45, 7) is 3.94. The lowest BCUT2D eigenvalue weighted by Crippen LogP contribution is -2.00. The molecule has 0 unspecified atom stereocenters. The van der Waals surface area contributed by atoms with E-state index in [9.17, 15) is 4.79 Å². The van der Waals surface area contributed by atoms with Crippen molar-refractivity contribution in [2.24, 2.45) is 0 Å². The molecule has 18 heavy (non-hydrogen) atoms. The summed E-state index contributed by atoms with van der Waals surface area (Å²) in [4.78, 5) is 12.2. The highest BCUT2D eigenvalue weighted by Crippen LogP contribution is 2.15. The minimum Gasteiger partial charge on any atom is -0.289 e. The van der Waals surface area contributed by atoms with E-state index in [-0.39, 0.29) is 5.78 Å². The van der Waals surface area contributed by atoms with Crippen molar-refractivity contribution in [1.29, 1.82) is 0 Å². The van der Waals surface area contributed by atoms with Gasteiger partial charge in [0.25, 0.3) is 0 Å². The third-order valence-corrected chi connectivity index (χ3v) is 2.95. The van der Waals surface area contributed by atoms with Crippen LogP contribution in [-0.4, -0.2) is 5.78 Å². The van der Waals surface area contributed by atoms with Gasteiger partial charge in [-0.15, -0.1) is 0 Å². The molecular formula is C17H16O. The van der Waals surface area contributed by atoms with Gasteiger partial charge < -0.3 is 0 Å². The molecule has 0 aliphatic heterocycles. The molecule has 0 saturated carbocycles. The van der Waals surface area contributed by atoms with Gasteiger partial charge in [-0.2, -0.15) is 0 Å². The van der Waals surface area contributed by atoms with Crippen molar-refractivity contribution in [1.82, 2.24) is 0 Å². The largest absolute Gasteiger partial charge is 0.289 e. The van der Waals surface area contributed by atoms with Crippen LogP contribution in [0.5, 0.6) is 0 Å². The van der Waals surface area contributed by atoms with Crippen LogP contribution >= 0.6 is 0 Å². The van der Waals surface area contributed by atoms with Crippen LogP contribution in [0, 0.1) is 13.8 Å². The predicted molar refractivity (Wildman–Crippen MR) is 75.7 cm³/mol. The second-order valence-electron chi connectivity index (χ2n) is 4.38. The molecule has 0 radical (unpaired) electrons. The van der Waals surface area contributed by atoms with Crippen molar-refractivity contribution < 1.29 is 4.79 Å². The molecule has 0 N–H and O–H groups in total. The second-order valence-corrected chi connectivity index (χ2v) is 4.38. The molecule has 0 amide bonds. The van der Waals surface area contributed by atoms with Crippen LogP contribution in [0.4, 0.5) is 0 Å². The third-order valence-electron chi connectivity index (χ3n) is 2.95. The standard InChI is InChI=1S/C17H16O/c1-13-7-6-8-14(2)17(13)16(18)12-11-15-9-4-3-5-10-15/h3-12H,1-2H3/b12-11+. The first-order valence-electron chi connectivity index (χ1n) is 6.02. The molecule has 0 atom stereocenters.